The molecular weight excluding hydrogens is 368 g/mol. The number of hydrogen-bond acceptors (Lipinski definition) is 4. The third-order valence-corrected chi connectivity index (χ3v) is 4.27. The van der Waals surface area contributed by atoms with Crippen LogP contribution in [0, 0.1) is 6.92 Å². The largest absolute Gasteiger partial charge is 0.459 e. The number of aromatic nitrogens is 2. The summed E-state index contributed by atoms with van der Waals surface area (Å²) in [5, 5.41) is 9.90. The fourth-order valence-corrected chi connectivity index (χ4v) is 2.90. The van der Waals surface area contributed by atoms with Gasteiger partial charge in [-0.05, 0) is 48.9 Å². The van der Waals surface area contributed by atoms with Crippen LogP contribution in [0.3, 0.4) is 0 Å². The van der Waals surface area contributed by atoms with Crippen molar-refractivity contribution < 1.29 is 14.0 Å². The Labute approximate surface area is 167 Å². The maximum absolute atomic E-state index is 12.9. The van der Waals surface area contributed by atoms with Crippen LogP contribution in [0.15, 0.2) is 83.6 Å². The minimum atomic E-state index is -0.475. The van der Waals surface area contributed by atoms with Gasteiger partial charge in [-0.25, -0.2) is 4.68 Å². The van der Waals surface area contributed by atoms with Crippen molar-refractivity contribution in [2.75, 3.05) is 10.6 Å². The summed E-state index contributed by atoms with van der Waals surface area (Å²) in [7, 11) is 0. The Bertz CT molecular complexity index is 1150. The van der Waals surface area contributed by atoms with E-state index in [0.717, 1.165) is 5.56 Å². The van der Waals surface area contributed by atoms with Crippen molar-refractivity contribution in [3.05, 3.63) is 96.1 Å². The molecule has 2 amide bonds. The maximum atomic E-state index is 12.9. The molecule has 0 fully saturated rings. The molecule has 0 unspecified atom stereocenters. The van der Waals surface area contributed by atoms with E-state index in [1.54, 1.807) is 18.2 Å². The highest BCUT2D eigenvalue weighted by molar-refractivity contribution is 6.11. The minimum absolute atomic E-state index is 0.135. The van der Waals surface area contributed by atoms with E-state index in [1.807, 2.05) is 55.5 Å². The molecule has 2 aromatic heterocycles. The first kappa shape index (κ1) is 18.2. The number of rotatable bonds is 5. The maximum Gasteiger partial charge on any atom is 0.292 e. The number of hydrogen-bond donors (Lipinski definition) is 2. The molecule has 0 saturated heterocycles. The summed E-state index contributed by atoms with van der Waals surface area (Å²) < 4.78 is 6.66. The van der Waals surface area contributed by atoms with Crippen molar-refractivity contribution in [3.63, 3.8) is 0 Å². The van der Waals surface area contributed by atoms with Crippen LogP contribution < -0.4 is 10.6 Å². The molecule has 0 spiro atoms. The molecule has 0 atom stereocenters. The fraction of sp³-hybridized carbons (Fsp3) is 0.0455. The molecule has 0 bridgehead atoms. The van der Waals surface area contributed by atoms with Gasteiger partial charge < -0.3 is 15.1 Å². The number of furan rings is 1. The van der Waals surface area contributed by atoms with Gasteiger partial charge in [0.25, 0.3) is 11.8 Å². The van der Waals surface area contributed by atoms with Crippen molar-refractivity contribution >= 4 is 23.3 Å². The van der Waals surface area contributed by atoms with Gasteiger partial charge in [0.15, 0.2) is 5.76 Å². The molecule has 0 radical (unpaired) electrons. The molecular formula is C22H18N4O3. The number of benzene rings is 2. The van der Waals surface area contributed by atoms with Gasteiger partial charge >= 0.3 is 0 Å². The van der Waals surface area contributed by atoms with E-state index in [4.69, 9.17) is 4.42 Å². The van der Waals surface area contributed by atoms with E-state index in [0.29, 0.717) is 11.4 Å². The van der Waals surface area contributed by atoms with Crippen molar-refractivity contribution in [3.8, 4) is 5.69 Å². The molecule has 144 valence electrons. The summed E-state index contributed by atoms with van der Waals surface area (Å²) >= 11 is 0. The molecule has 2 heterocycles. The lowest BCUT2D eigenvalue weighted by atomic mass is 10.2. The smallest absolute Gasteiger partial charge is 0.292 e. The number of anilines is 2. The van der Waals surface area contributed by atoms with Crippen LogP contribution in [0.1, 0.15) is 26.5 Å². The van der Waals surface area contributed by atoms with Crippen LogP contribution in [-0.2, 0) is 0 Å². The Morgan fingerprint density at radius 2 is 1.76 bits per heavy atom. The summed E-state index contributed by atoms with van der Waals surface area (Å²) in [5.41, 5.74) is 2.62. The monoisotopic (exact) mass is 386 g/mol. The standard InChI is InChI=1S/C22H18N4O3/c1-15-7-5-8-16(13-15)24-21(27)18-14-23-26(17-9-3-2-4-10-17)20(18)25-22(28)19-11-6-12-29-19/h2-14H,1H3,(H,24,27)(H,25,28). The summed E-state index contributed by atoms with van der Waals surface area (Å²) in [6.45, 7) is 1.94. The Hall–Kier alpha value is -4.13. The van der Waals surface area contributed by atoms with Crippen molar-refractivity contribution in [1.29, 1.82) is 0 Å². The number of aryl methyl sites for hydroxylation is 1. The van der Waals surface area contributed by atoms with Gasteiger partial charge in [-0.15, -0.1) is 0 Å². The van der Waals surface area contributed by atoms with Crippen LogP contribution in [-0.4, -0.2) is 21.6 Å². The number of nitrogens with one attached hydrogen (secondary N) is 2. The van der Waals surface area contributed by atoms with Crippen LogP contribution in [0.2, 0.25) is 0 Å². The highest BCUT2D eigenvalue weighted by Crippen LogP contribution is 2.23. The molecule has 29 heavy (non-hydrogen) atoms. The topological polar surface area (TPSA) is 89.2 Å². The second-order valence-electron chi connectivity index (χ2n) is 6.41. The van der Waals surface area contributed by atoms with E-state index >= 15 is 0 Å². The zero-order valence-corrected chi connectivity index (χ0v) is 15.6. The van der Waals surface area contributed by atoms with Crippen molar-refractivity contribution in [2.45, 2.75) is 6.92 Å². The summed E-state index contributed by atoms with van der Waals surface area (Å²) in [6.07, 6.45) is 2.84. The Balaban J connectivity index is 1.70. The Kier molecular flexibility index (Phi) is 4.94. The average Bonchev–Trinajstić information content (AvgIpc) is 3.39. The lowest BCUT2D eigenvalue weighted by molar-refractivity contribution is 0.0996. The molecule has 2 N–H and O–H groups in total. The summed E-state index contributed by atoms with van der Waals surface area (Å²) in [4.78, 5) is 25.5. The van der Waals surface area contributed by atoms with Crippen LogP contribution in [0.4, 0.5) is 11.5 Å². The molecule has 0 saturated carbocycles. The van der Waals surface area contributed by atoms with E-state index < -0.39 is 5.91 Å². The van der Waals surface area contributed by atoms with E-state index in [9.17, 15) is 9.59 Å². The third-order valence-electron chi connectivity index (χ3n) is 4.27. The molecule has 4 rings (SSSR count). The van der Waals surface area contributed by atoms with Gasteiger partial charge in [0.2, 0.25) is 0 Å². The van der Waals surface area contributed by atoms with Gasteiger partial charge in [0, 0.05) is 5.69 Å². The summed E-state index contributed by atoms with van der Waals surface area (Å²) in [6, 6.07) is 19.9. The van der Waals surface area contributed by atoms with Crippen LogP contribution in [0.5, 0.6) is 0 Å². The number of amides is 2. The first-order valence-corrected chi connectivity index (χ1v) is 8.98. The zero-order valence-electron chi connectivity index (χ0n) is 15.6. The number of carbonyl (C=O) groups excluding carboxylic acids is 2. The predicted octanol–water partition coefficient (Wildman–Crippen LogP) is 4.28. The van der Waals surface area contributed by atoms with Gasteiger partial charge in [-0.1, -0.05) is 30.3 Å². The molecule has 2 aromatic carbocycles. The SMILES string of the molecule is Cc1cccc(NC(=O)c2cnn(-c3ccccc3)c2NC(=O)c2ccco2)c1. The van der Waals surface area contributed by atoms with Gasteiger partial charge in [0.05, 0.1) is 18.1 Å². The van der Waals surface area contributed by atoms with Crippen LogP contribution >= 0.6 is 0 Å². The second-order valence-corrected chi connectivity index (χ2v) is 6.41. The molecule has 7 heteroatoms. The molecule has 0 aliphatic carbocycles. The second kappa shape index (κ2) is 7.85. The highest BCUT2D eigenvalue weighted by atomic mass is 16.3. The predicted molar refractivity (Wildman–Crippen MR) is 109 cm³/mol. The normalized spacial score (nSPS) is 10.5. The van der Waals surface area contributed by atoms with E-state index in [1.165, 1.54) is 17.1 Å². The van der Waals surface area contributed by atoms with Gasteiger partial charge in [-0.2, -0.15) is 5.10 Å². The lowest BCUT2D eigenvalue weighted by Gasteiger charge is -2.11. The molecule has 7 nitrogen and oxygen atoms in total. The molecule has 4 aromatic rings. The Morgan fingerprint density at radius 3 is 2.48 bits per heavy atom. The molecule has 0 aliphatic rings. The first-order chi connectivity index (χ1) is 14.1. The third kappa shape index (κ3) is 3.93. The zero-order chi connectivity index (χ0) is 20.2. The molecule has 0 aliphatic heterocycles. The van der Waals surface area contributed by atoms with Gasteiger partial charge in [-0.3, -0.25) is 9.59 Å². The van der Waals surface area contributed by atoms with E-state index in [2.05, 4.69) is 15.7 Å². The lowest BCUT2D eigenvalue weighted by Crippen LogP contribution is -2.19. The Morgan fingerprint density at radius 1 is 0.931 bits per heavy atom. The van der Waals surface area contributed by atoms with Gasteiger partial charge in [0.1, 0.15) is 11.4 Å². The van der Waals surface area contributed by atoms with Crippen molar-refractivity contribution in [1.82, 2.24) is 9.78 Å². The first-order valence-electron chi connectivity index (χ1n) is 8.98. The average molecular weight is 386 g/mol. The van der Waals surface area contributed by atoms with Crippen molar-refractivity contribution in [2.24, 2.45) is 0 Å². The number of nitrogens with zero attached hydrogens (tertiary/aromatic N) is 2. The summed E-state index contributed by atoms with van der Waals surface area (Å²) in [5.74, 6) is -0.469. The van der Waals surface area contributed by atoms with E-state index in [-0.39, 0.29) is 23.0 Å². The quantitative estimate of drug-likeness (QED) is 0.536. The highest BCUT2D eigenvalue weighted by Gasteiger charge is 2.22. The number of carbonyl (C=O) groups is 2. The minimum Gasteiger partial charge on any atom is -0.459 e. The van der Waals surface area contributed by atoms with Crippen LogP contribution in [0.25, 0.3) is 5.69 Å². The number of para-hydroxylation sites is 1. The fourth-order valence-electron chi connectivity index (χ4n) is 2.90.